The van der Waals surface area contributed by atoms with E-state index in [4.69, 9.17) is 9.26 Å². The van der Waals surface area contributed by atoms with Crippen molar-refractivity contribution in [2.24, 2.45) is 0 Å². The second-order valence-corrected chi connectivity index (χ2v) is 8.00. The van der Waals surface area contributed by atoms with Crippen LogP contribution in [0.4, 0.5) is 0 Å². The lowest BCUT2D eigenvalue weighted by Crippen LogP contribution is -2.46. The van der Waals surface area contributed by atoms with E-state index in [0.717, 1.165) is 19.4 Å². The minimum Gasteiger partial charge on any atom is -0.378 e. The maximum Gasteiger partial charge on any atom is 0.228 e. The molecule has 21 heavy (non-hydrogen) atoms. The van der Waals surface area contributed by atoms with Gasteiger partial charge in [-0.1, -0.05) is 5.16 Å². The minimum atomic E-state index is -2.94. The largest absolute Gasteiger partial charge is 0.378 e. The van der Waals surface area contributed by atoms with Crippen LogP contribution in [0.3, 0.4) is 0 Å². The van der Waals surface area contributed by atoms with Crippen molar-refractivity contribution in [2.45, 2.75) is 44.2 Å². The lowest BCUT2D eigenvalue weighted by molar-refractivity contribution is 0.0153. The number of ether oxygens (including phenoxy) is 1. The SMILES string of the molecule is O=S1(=O)CCNC(Cc2nc(CC3CCCCO3)no2)C1. The number of hydrogen-bond acceptors (Lipinski definition) is 7. The van der Waals surface area contributed by atoms with Crippen LogP contribution in [0, 0.1) is 0 Å². The van der Waals surface area contributed by atoms with Crippen molar-refractivity contribution in [3.8, 4) is 0 Å². The third-order valence-corrected chi connectivity index (χ3v) is 5.65. The molecule has 2 saturated heterocycles. The molecule has 8 heteroatoms. The van der Waals surface area contributed by atoms with Gasteiger partial charge in [0.2, 0.25) is 5.89 Å². The summed E-state index contributed by atoms with van der Waals surface area (Å²) < 4.78 is 34.1. The summed E-state index contributed by atoms with van der Waals surface area (Å²) in [7, 11) is -2.94. The predicted molar refractivity (Wildman–Crippen MR) is 75.7 cm³/mol. The summed E-state index contributed by atoms with van der Waals surface area (Å²) in [5.74, 6) is 1.49. The van der Waals surface area contributed by atoms with Gasteiger partial charge in [-0.3, -0.25) is 0 Å². The first-order chi connectivity index (χ1) is 10.1. The minimum absolute atomic E-state index is 0.135. The summed E-state index contributed by atoms with van der Waals surface area (Å²) in [6.45, 7) is 1.29. The monoisotopic (exact) mass is 315 g/mol. The topological polar surface area (TPSA) is 94.3 Å². The summed E-state index contributed by atoms with van der Waals surface area (Å²) in [5.41, 5.74) is 0. The summed E-state index contributed by atoms with van der Waals surface area (Å²) >= 11 is 0. The molecule has 0 aliphatic carbocycles. The lowest BCUT2D eigenvalue weighted by Gasteiger charge is -2.22. The fourth-order valence-electron chi connectivity index (χ4n) is 2.84. The Morgan fingerprint density at radius 3 is 2.95 bits per heavy atom. The Bertz CT molecular complexity index is 566. The molecule has 2 unspecified atom stereocenters. The van der Waals surface area contributed by atoms with Crippen LogP contribution in [0.25, 0.3) is 0 Å². The van der Waals surface area contributed by atoms with Crippen LogP contribution in [0.5, 0.6) is 0 Å². The molecule has 0 spiro atoms. The van der Waals surface area contributed by atoms with Crippen LogP contribution >= 0.6 is 0 Å². The first kappa shape index (κ1) is 14.9. The predicted octanol–water partition coefficient (Wildman–Crippen LogP) is 0.110. The highest BCUT2D eigenvalue weighted by molar-refractivity contribution is 7.91. The van der Waals surface area contributed by atoms with Gasteiger partial charge < -0.3 is 14.6 Å². The zero-order valence-corrected chi connectivity index (χ0v) is 12.8. The first-order valence-electron chi connectivity index (χ1n) is 7.47. The van der Waals surface area contributed by atoms with Crippen molar-refractivity contribution in [3.63, 3.8) is 0 Å². The first-order valence-corrected chi connectivity index (χ1v) is 9.30. The molecule has 2 atom stereocenters. The Balaban J connectivity index is 1.54. The van der Waals surface area contributed by atoms with Crippen molar-refractivity contribution in [3.05, 3.63) is 11.7 Å². The highest BCUT2D eigenvalue weighted by atomic mass is 32.2. The molecule has 0 aromatic carbocycles. The number of nitrogens with zero attached hydrogens (tertiary/aromatic N) is 2. The molecule has 118 valence electrons. The molecular weight excluding hydrogens is 294 g/mol. The third-order valence-electron chi connectivity index (χ3n) is 3.92. The van der Waals surface area contributed by atoms with Gasteiger partial charge in [-0.25, -0.2) is 8.42 Å². The van der Waals surface area contributed by atoms with Gasteiger partial charge in [-0.2, -0.15) is 4.98 Å². The van der Waals surface area contributed by atoms with Gasteiger partial charge in [0.15, 0.2) is 15.7 Å². The normalized spacial score (nSPS) is 29.3. The van der Waals surface area contributed by atoms with Crippen LogP contribution in [-0.2, 0) is 27.4 Å². The Kier molecular flexibility index (Phi) is 4.56. The van der Waals surface area contributed by atoms with Crippen LogP contribution in [-0.4, -0.2) is 55.4 Å². The fourth-order valence-corrected chi connectivity index (χ4v) is 4.28. The molecule has 0 amide bonds. The maximum atomic E-state index is 11.6. The highest BCUT2D eigenvalue weighted by Gasteiger charge is 2.26. The summed E-state index contributed by atoms with van der Waals surface area (Å²) in [4.78, 5) is 4.35. The number of nitrogens with one attached hydrogen (secondary N) is 1. The molecule has 0 radical (unpaired) electrons. The Morgan fingerprint density at radius 1 is 1.29 bits per heavy atom. The van der Waals surface area contributed by atoms with E-state index in [-0.39, 0.29) is 23.7 Å². The molecule has 0 bridgehead atoms. The standard InChI is InChI=1S/C13H21N3O4S/c17-21(18)6-4-14-10(9-21)7-13-15-12(16-20-13)8-11-3-1-2-5-19-11/h10-11,14H,1-9H2. The molecule has 1 aromatic rings. The van der Waals surface area contributed by atoms with E-state index in [0.29, 0.717) is 31.1 Å². The molecule has 1 N–H and O–H groups in total. The lowest BCUT2D eigenvalue weighted by atomic mass is 10.1. The molecular formula is C13H21N3O4S. The molecule has 3 heterocycles. The zero-order chi connectivity index (χ0) is 14.7. The second-order valence-electron chi connectivity index (χ2n) is 5.77. The highest BCUT2D eigenvalue weighted by Crippen LogP contribution is 2.16. The smallest absolute Gasteiger partial charge is 0.228 e. The van der Waals surface area contributed by atoms with Crippen LogP contribution in [0.1, 0.15) is 31.0 Å². The summed E-state index contributed by atoms with van der Waals surface area (Å²) in [6, 6.07) is -0.136. The van der Waals surface area contributed by atoms with Crippen molar-refractivity contribution in [2.75, 3.05) is 24.7 Å². The van der Waals surface area contributed by atoms with Crippen molar-refractivity contribution >= 4 is 9.84 Å². The van der Waals surface area contributed by atoms with E-state index in [1.54, 1.807) is 0 Å². The maximum absolute atomic E-state index is 11.6. The van der Waals surface area contributed by atoms with E-state index in [1.807, 2.05) is 0 Å². The Hall–Kier alpha value is -0.990. The van der Waals surface area contributed by atoms with Gasteiger partial charge >= 0.3 is 0 Å². The fraction of sp³-hybridized carbons (Fsp3) is 0.846. The van der Waals surface area contributed by atoms with Gasteiger partial charge in [0.1, 0.15) is 0 Å². The molecule has 2 aliphatic rings. The average molecular weight is 315 g/mol. The number of rotatable bonds is 4. The zero-order valence-electron chi connectivity index (χ0n) is 12.0. The van der Waals surface area contributed by atoms with Crippen molar-refractivity contribution in [1.29, 1.82) is 0 Å². The Morgan fingerprint density at radius 2 is 2.19 bits per heavy atom. The number of hydrogen-bond donors (Lipinski definition) is 1. The van der Waals surface area contributed by atoms with Gasteiger partial charge in [-0.05, 0) is 19.3 Å². The molecule has 2 fully saturated rings. The second kappa shape index (κ2) is 6.41. The summed E-state index contributed by atoms with van der Waals surface area (Å²) in [5, 5.41) is 7.15. The van der Waals surface area contributed by atoms with E-state index >= 15 is 0 Å². The molecule has 7 nitrogen and oxygen atoms in total. The number of sulfone groups is 1. The van der Waals surface area contributed by atoms with Crippen LogP contribution < -0.4 is 5.32 Å². The summed E-state index contributed by atoms with van der Waals surface area (Å²) in [6.07, 6.45) is 4.64. The molecule has 1 aromatic heterocycles. The van der Waals surface area contributed by atoms with E-state index < -0.39 is 9.84 Å². The van der Waals surface area contributed by atoms with Gasteiger partial charge in [0.05, 0.1) is 17.6 Å². The van der Waals surface area contributed by atoms with Crippen molar-refractivity contribution < 1.29 is 17.7 Å². The number of aromatic nitrogens is 2. The van der Waals surface area contributed by atoms with Gasteiger partial charge in [0, 0.05) is 32.0 Å². The van der Waals surface area contributed by atoms with Crippen LogP contribution in [0.2, 0.25) is 0 Å². The van der Waals surface area contributed by atoms with E-state index in [1.165, 1.54) is 6.42 Å². The van der Waals surface area contributed by atoms with Gasteiger partial charge in [-0.15, -0.1) is 0 Å². The van der Waals surface area contributed by atoms with Gasteiger partial charge in [0.25, 0.3) is 0 Å². The van der Waals surface area contributed by atoms with E-state index in [2.05, 4.69) is 15.5 Å². The molecule has 3 rings (SSSR count). The molecule has 2 aliphatic heterocycles. The average Bonchev–Trinajstić information content (AvgIpc) is 2.86. The van der Waals surface area contributed by atoms with Crippen molar-refractivity contribution in [1.82, 2.24) is 15.5 Å². The van der Waals surface area contributed by atoms with E-state index in [9.17, 15) is 8.42 Å². The molecule has 0 saturated carbocycles. The van der Waals surface area contributed by atoms with Crippen LogP contribution in [0.15, 0.2) is 4.52 Å². The Labute approximate surface area is 124 Å². The third kappa shape index (κ3) is 4.24. The quantitative estimate of drug-likeness (QED) is 0.842.